The lowest BCUT2D eigenvalue weighted by molar-refractivity contribution is -0.118. The second-order valence-electron chi connectivity index (χ2n) is 6.75. The van der Waals surface area contributed by atoms with Crippen LogP contribution < -0.4 is 19.5 Å². The van der Waals surface area contributed by atoms with Gasteiger partial charge in [0.25, 0.3) is 0 Å². The third-order valence-electron chi connectivity index (χ3n) is 4.57. The van der Waals surface area contributed by atoms with E-state index in [1.54, 1.807) is 14.2 Å². The van der Waals surface area contributed by atoms with Crippen LogP contribution in [0.2, 0.25) is 0 Å². The highest BCUT2D eigenvalue weighted by Crippen LogP contribution is 2.26. The third kappa shape index (κ3) is 6.14. The SMILES string of the molecule is COc1ccc(CNC(=O)CSc2nnc(C(C)Oc3cccc(OC)c3)n2C)cc1. The fraction of sp³-hybridized carbons (Fsp3) is 0.318. The Morgan fingerprint density at radius 3 is 2.48 bits per heavy atom. The molecule has 0 fully saturated rings. The Kier molecular flexibility index (Phi) is 7.77. The molecule has 31 heavy (non-hydrogen) atoms. The molecule has 1 amide bonds. The molecule has 9 heteroatoms. The lowest BCUT2D eigenvalue weighted by Gasteiger charge is -2.14. The lowest BCUT2D eigenvalue weighted by Crippen LogP contribution is -2.24. The van der Waals surface area contributed by atoms with Gasteiger partial charge in [-0.05, 0) is 36.8 Å². The van der Waals surface area contributed by atoms with Crippen molar-refractivity contribution in [1.82, 2.24) is 20.1 Å². The van der Waals surface area contributed by atoms with Gasteiger partial charge in [-0.15, -0.1) is 10.2 Å². The van der Waals surface area contributed by atoms with E-state index in [1.165, 1.54) is 11.8 Å². The molecule has 2 aromatic carbocycles. The number of benzene rings is 2. The number of nitrogens with one attached hydrogen (secondary N) is 1. The standard InChI is InChI=1S/C22H26N4O4S/c1-15(30-19-7-5-6-18(12-19)29-4)21-24-25-22(26(21)2)31-14-20(27)23-13-16-8-10-17(28-3)11-9-16/h5-12,15H,13-14H2,1-4H3,(H,23,27). The van der Waals surface area contributed by atoms with Crippen LogP contribution in [0.4, 0.5) is 0 Å². The molecule has 3 aromatic rings. The van der Waals surface area contributed by atoms with Crippen LogP contribution in [-0.2, 0) is 18.4 Å². The highest BCUT2D eigenvalue weighted by molar-refractivity contribution is 7.99. The number of carbonyl (C=O) groups excluding carboxylic acids is 1. The molecule has 0 spiro atoms. The van der Waals surface area contributed by atoms with Gasteiger partial charge in [0.1, 0.15) is 17.2 Å². The zero-order valence-electron chi connectivity index (χ0n) is 18.0. The van der Waals surface area contributed by atoms with Crippen molar-refractivity contribution in [3.63, 3.8) is 0 Å². The first-order valence-electron chi connectivity index (χ1n) is 9.72. The normalized spacial score (nSPS) is 11.6. The Morgan fingerprint density at radius 1 is 1.06 bits per heavy atom. The van der Waals surface area contributed by atoms with Gasteiger partial charge >= 0.3 is 0 Å². The van der Waals surface area contributed by atoms with Gasteiger partial charge in [-0.2, -0.15) is 0 Å². The van der Waals surface area contributed by atoms with E-state index in [-0.39, 0.29) is 17.8 Å². The van der Waals surface area contributed by atoms with Crippen molar-refractivity contribution < 1.29 is 19.0 Å². The fourth-order valence-electron chi connectivity index (χ4n) is 2.86. The van der Waals surface area contributed by atoms with Crippen LogP contribution in [0, 0.1) is 0 Å². The first-order chi connectivity index (χ1) is 15.0. The van der Waals surface area contributed by atoms with E-state index in [0.29, 0.717) is 23.3 Å². The molecule has 1 heterocycles. The molecule has 0 bridgehead atoms. The van der Waals surface area contributed by atoms with Gasteiger partial charge in [0, 0.05) is 19.7 Å². The van der Waals surface area contributed by atoms with Crippen molar-refractivity contribution in [1.29, 1.82) is 0 Å². The summed E-state index contributed by atoms with van der Waals surface area (Å²) in [6, 6.07) is 15.0. The van der Waals surface area contributed by atoms with Crippen molar-refractivity contribution >= 4 is 17.7 Å². The summed E-state index contributed by atoms with van der Waals surface area (Å²) in [7, 11) is 5.10. The van der Waals surface area contributed by atoms with Crippen molar-refractivity contribution in [2.24, 2.45) is 7.05 Å². The predicted molar refractivity (Wildman–Crippen MR) is 119 cm³/mol. The van der Waals surface area contributed by atoms with Crippen molar-refractivity contribution in [3.8, 4) is 17.2 Å². The number of thioether (sulfide) groups is 1. The Hall–Kier alpha value is -3.20. The maximum atomic E-state index is 12.2. The Labute approximate surface area is 185 Å². The Balaban J connectivity index is 1.51. The molecule has 1 unspecified atom stereocenters. The molecule has 0 saturated heterocycles. The highest BCUT2D eigenvalue weighted by Gasteiger charge is 2.18. The number of amides is 1. The van der Waals surface area contributed by atoms with E-state index in [2.05, 4.69) is 15.5 Å². The van der Waals surface area contributed by atoms with Gasteiger partial charge in [-0.3, -0.25) is 4.79 Å². The maximum absolute atomic E-state index is 12.2. The van der Waals surface area contributed by atoms with Crippen LogP contribution in [0.15, 0.2) is 53.7 Å². The third-order valence-corrected chi connectivity index (χ3v) is 5.59. The van der Waals surface area contributed by atoms with Gasteiger partial charge in [-0.1, -0.05) is 30.0 Å². The van der Waals surface area contributed by atoms with Crippen LogP contribution >= 0.6 is 11.8 Å². The molecule has 0 aliphatic heterocycles. The summed E-state index contributed by atoms with van der Waals surface area (Å²) in [6.45, 7) is 2.36. The fourth-order valence-corrected chi connectivity index (χ4v) is 3.61. The van der Waals surface area contributed by atoms with Crippen molar-refractivity contribution in [3.05, 3.63) is 59.9 Å². The number of methoxy groups -OCH3 is 2. The molecular weight excluding hydrogens is 416 g/mol. The first kappa shape index (κ1) is 22.5. The van der Waals surface area contributed by atoms with Crippen LogP contribution in [0.5, 0.6) is 17.2 Å². The number of ether oxygens (including phenoxy) is 3. The Morgan fingerprint density at radius 2 is 1.77 bits per heavy atom. The van der Waals surface area contributed by atoms with Gasteiger partial charge in [-0.25, -0.2) is 0 Å². The molecule has 164 valence electrons. The lowest BCUT2D eigenvalue weighted by atomic mass is 10.2. The second kappa shape index (κ2) is 10.7. The van der Waals surface area contributed by atoms with Gasteiger partial charge in [0.2, 0.25) is 5.91 Å². The summed E-state index contributed by atoms with van der Waals surface area (Å²) in [5.74, 6) is 3.03. The molecule has 1 aromatic heterocycles. The molecule has 1 atom stereocenters. The summed E-state index contributed by atoms with van der Waals surface area (Å²) < 4.78 is 18.2. The van der Waals surface area contributed by atoms with Crippen LogP contribution in [0.3, 0.4) is 0 Å². The summed E-state index contributed by atoms with van der Waals surface area (Å²) in [6.07, 6.45) is -0.317. The summed E-state index contributed by atoms with van der Waals surface area (Å²) in [5, 5.41) is 12.0. The van der Waals surface area contributed by atoms with Crippen LogP contribution in [0.1, 0.15) is 24.4 Å². The summed E-state index contributed by atoms with van der Waals surface area (Å²) in [4.78, 5) is 12.2. The number of nitrogens with zero attached hydrogens (tertiary/aromatic N) is 3. The van der Waals surface area contributed by atoms with E-state index in [9.17, 15) is 4.79 Å². The average Bonchev–Trinajstić information content (AvgIpc) is 3.17. The minimum absolute atomic E-state index is 0.0777. The van der Waals surface area contributed by atoms with Gasteiger partial charge < -0.3 is 24.1 Å². The van der Waals surface area contributed by atoms with Crippen molar-refractivity contribution in [2.75, 3.05) is 20.0 Å². The number of carbonyl (C=O) groups is 1. The summed E-state index contributed by atoms with van der Waals surface area (Å²) in [5.41, 5.74) is 1.00. The predicted octanol–water partition coefficient (Wildman–Crippen LogP) is 3.38. The minimum atomic E-state index is -0.317. The monoisotopic (exact) mass is 442 g/mol. The van der Waals surface area contributed by atoms with Crippen molar-refractivity contribution in [2.45, 2.75) is 24.7 Å². The smallest absolute Gasteiger partial charge is 0.230 e. The molecule has 3 rings (SSSR count). The topological polar surface area (TPSA) is 87.5 Å². The van der Waals surface area contributed by atoms with Gasteiger partial charge in [0.15, 0.2) is 17.1 Å². The quantitative estimate of drug-likeness (QED) is 0.482. The van der Waals surface area contributed by atoms with E-state index >= 15 is 0 Å². The molecule has 0 radical (unpaired) electrons. The summed E-state index contributed by atoms with van der Waals surface area (Å²) >= 11 is 1.33. The molecular formula is C22H26N4O4S. The zero-order chi connectivity index (χ0) is 22.2. The number of hydrogen-bond donors (Lipinski definition) is 1. The van der Waals surface area contributed by atoms with Gasteiger partial charge in [0.05, 0.1) is 20.0 Å². The van der Waals surface area contributed by atoms with E-state index in [4.69, 9.17) is 14.2 Å². The number of rotatable bonds is 10. The second-order valence-corrected chi connectivity index (χ2v) is 7.69. The number of hydrogen-bond acceptors (Lipinski definition) is 7. The molecule has 8 nitrogen and oxygen atoms in total. The zero-order valence-corrected chi connectivity index (χ0v) is 18.8. The first-order valence-corrected chi connectivity index (χ1v) is 10.7. The average molecular weight is 443 g/mol. The highest BCUT2D eigenvalue weighted by atomic mass is 32.2. The van der Waals surface area contributed by atoms with E-state index in [1.807, 2.05) is 67.1 Å². The Bertz CT molecular complexity index is 1010. The van der Waals surface area contributed by atoms with E-state index < -0.39 is 0 Å². The molecule has 1 N–H and O–H groups in total. The van der Waals surface area contributed by atoms with E-state index in [0.717, 1.165) is 17.1 Å². The van der Waals surface area contributed by atoms with Crippen LogP contribution in [-0.4, -0.2) is 40.6 Å². The molecule has 0 aliphatic rings. The van der Waals surface area contributed by atoms with Crippen LogP contribution in [0.25, 0.3) is 0 Å². The molecule has 0 saturated carbocycles. The maximum Gasteiger partial charge on any atom is 0.230 e. The minimum Gasteiger partial charge on any atom is -0.497 e. The number of aromatic nitrogens is 3. The molecule has 0 aliphatic carbocycles. The largest absolute Gasteiger partial charge is 0.497 e.